The molecule has 1 unspecified atom stereocenters. The maximum atomic E-state index is 13.0. The van der Waals surface area contributed by atoms with E-state index in [0.717, 1.165) is 15.9 Å². The fraction of sp³-hybridized carbons (Fsp3) is 0.500. The summed E-state index contributed by atoms with van der Waals surface area (Å²) in [5, 5.41) is 5.92. The van der Waals surface area contributed by atoms with Crippen molar-refractivity contribution in [2.75, 3.05) is 38.6 Å². The third-order valence-corrected chi connectivity index (χ3v) is 6.30. The van der Waals surface area contributed by atoms with Crippen LogP contribution in [0.1, 0.15) is 26.2 Å². The van der Waals surface area contributed by atoms with Gasteiger partial charge in [-0.3, -0.25) is 19.3 Å². The number of fused-ring (bicyclic) bond motifs is 1. The highest BCUT2D eigenvalue weighted by atomic mass is 16.5. The van der Waals surface area contributed by atoms with Crippen molar-refractivity contribution in [2.45, 2.75) is 31.7 Å². The molecule has 2 saturated heterocycles. The van der Waals surface area contributed by atoms with Gasteiger partial charge in [0.15, 0.2) is 0 Å². The van der Waals surface area contributed by atoms with Gasteiger partial charge in [0.2, 0.25) is 11.9 Å². The topological polar surface area (TPSA) is 137 Å². The van der Waals surface area contributed by atoms with E-state index in [2.05, 4.69) is 25.3 Å². The van der Waals surface area contributed by atoms with Crippen molar-refractivity contribution in [3.63, 3.8) is 0 Å². The van der Waals surface area contributed by atoms with E-state index < -0.39 is 23.5 Å². The van der Waals surface area contributed by atoms with Gasteiger partial charge >= 0.3 is 12.0 Å². The van der Waals surface area contributed by atoms with E-state index in [1.165, 1.54) is 7.11 Å². The molecule has 0 radical (unpaired) electrons. The molecular weight excluding hydrogens is 428 g/mol. The maximum absolute atomic E-state index is 13.0. The molecule has 0 saturated carbocycles. The molecule has 3 N–H and O–H groups in total. The lowest BCUT2D eigenvalue weighted by atomic mass is 9.87. The van der Waals surface area contributed by atoms with Crippen LogP contribution >= 0.6 is 0 Å². The highest BCUT2D eigenvalue weighted by Crippen LogP contribution is 2.30. The van der Waals surface area contributed by atoms with Gasteiger partial charge in [0.25, 0.3) is 5.91 Å². The number of aromatic nitrogens is 2. The predicted octanol–water partition coefficient (Wildman–Crippen LogP) is 1.09. The zero-order chi connectivity index (χ0) is 23.6. The number of benzene rings is 1. The number of urea groups is 1. The van der Waals surface area contributed by atoms with E-state index in [-0.39, 0.29) is 24.8 Å². The number of rotatable bonds is 7. The number of methoxy groups -OCH3 is 1. The molecule has 1 spiro atoms. The lowest BCUT2D eigenvalue weighted by molar-refractivity contribution is -0.146. The fourth-order valence-corrected chi connectivity index (χ4v) is 4.35. The van der Waals surface area contributed by atoms with E-state index in [1.54, 1.807) is 11.8 Å². The summed E-state index contributed by atoms with van der Waals surface area (Å²) >= 11 is 0. The van der Waals surface area contributed by atoms with Crippen LogP contribution in [0, 0.1) is 5.92 Å². The minimum absolute atomic E-state index is 0.0265. The summed E-state index contributed by atoms with van der Waals surface area (Å²) in [6.45, 7) is 2.74. The first kappa shape index (κ1) is 22.6. The number of nitrogens with one attached hydrogen (secondary N) is 3. The first-order valence-corrected chi connectivity index (χ1v) is 11.0. The number of hydrogen-bond acceptors (Lipinski definition) is 7. The second kappa shape index (κ2) is 9.08. The summed E-state index contributed by atoms with van der Waals surface area (Å²) < 4.78 is 4.68. The largest absolute Gasteiger partial charge is 0.469 e. The number of nitrogens with zero attached hydrogens (tertiary/aromatic N) is 3. The van der Waals surface area contributed by atoms with Gasteiger partial charge in [0, 0.05) is 32.6 Å². The van der Waals surface area contributed by atoms with Gasteiger partial charge in [0.1, 0.15) is 5.54 Å². The van der Waals surface area contributed by atoms with Crippen molar-refractivity contribution in [1.29, 1.82) is 0 Å². The van der Waals surface area contributed by atoms with Gasteiger partial charge in [-0.15, -0.1) is 0 Å². The predicted molar refractivity (Wildman–Crippen MR) is 119 cm³/mol. The Kier molecular flexibility index (Phi) is 6.21. The molecule has 176 valence electrons. The number of ether oxygens (including phenoxy) is 1. The van der Waals surface area contributed by atoms with Crippen LogP contribution in [0.5, 0.6) is 0 Å². The van der Waals surface area contributed by atoms with Crippen LogP contribution in [0.4, 0.5) is 10.7 Å². The minimum atomic E-state index is -1.02. The molecule has 2 aromatic rings. The summed E-state index contributed by atoms with van der Waals surface area (Å²) in [6, 6.07) is 7.17. The lowest BCUT2D eigenvalue weighted by Crippen LogP contribution is -2.56. The van der Waals surface area contributed by atoms with Gasteiger partial charge in [-0.1, -0.05) is 19.1 Å². The number of para-hydroxylation sites is 2. The first-order chi connectivity index (χ1) is 15.8. The molecule has 11 nitrogen and oxygen atoms in total. The summed E-state index contributed by atoms with van der Waals surface area (Å²) in [7, 11) is 1.27. The average molecular weight is 457 g/mol. The van der Waals surface area contributed by atoms with E-state index in [4.69, 9.17) is 0 Å². The highest BCUT2D eigenvalue weighted by Gasteiger charge is 2.53. The number of esters is 1. The van der Waals surface area contributed by atoms with Crippen molar-refractivity contribution < 1.29 is 23.9 Å². The van der Waals surface area contributed by atoms with Gasteiger partial charge in [-0.2, -0.15) is 0 Å². The highest BCUT2D eigenvalue weighted by molar-refractivity contribution is 6.07. The second-order valence-electron chi connectivity index (χ2n) is 8.51. The SMILES string of the molecule is COC(=O)C(C)CN1C(=O)NC2(CCN(C(=O)CCNc3nc4ccccc4[nH]3)CC2)C1=O. The average Bonchev–Trinajstić information content (AvgIpc) is 3.33. The second-order valence-corrected chi connectivity index (χ2v) is 8.51. The smallest absolute Gasteiger partial charge is 0.325 e. The molecule has 2 aliphatic rings. The lowest BCUT2D eigenvalue weighted by Gasteiger charge is -2.37. The van der Waals surface area contributed by atoms with Crippen molar-refractivity contribution >= 4 is 40.8 Å². The van der Waals surface area contributed by atoms with Crippen LogP contribution in [0.2, 0.25) is 0 Å². The van der Waals surface area contributed by atoms with E-state index in [1.807, 2.05) is 24.3 Å². The number of aromatic amines is 1. The Bertz CT molecular complexity index is 1040. The molecule has 4 amide bonds. The number of H-pyrrole nitrogens is 1. The Labute approximate surface area is 190 Å². The van der Waals surface area contributed by atoms with Crippen LogP contribution < -0.4 is 10.6 Å². The normalized spacial score (nSPS) is 18.5. The van der Waals surface area contributed by atoms with E-state index in [9.17, 15) is 19.2 Å². The Balaban J connectivity index is 1.27. The summed E-state index contributed by atoms with van der Waals surface area (Å²) in [5.41, 5.74) is 0.757. The number of amides is 4. The Morgan fingerprint density at radius 1 is 1.24 bits per heavy atom. The van der Waals surface area contributed by atoms with Gasteiger partial charge < -0.3 is 25.3 Å². The summed E-state index contributed by atoms with van der Waals surface area (Å²) in [6.07, 6.45) is 0.958. The summed E-state index contributed by atoms with van der Waals surface area (Å²) in [4.78, 5) is 60.1. The number of piperidine rings is 1. The number of imidazole rings is 1. The third kappa shape index (κ3) is 4.48. The Morgan fingerprint density at radius 2 is 1.97 bits per heavy atom. The molecule has 0 bridgehead atoms. The molecule has 3 heterocycles. The molecule has 0 aliphatic carbocycles. The molecule has 2 aliphatic heterocycles. The van der Waals surface area contributed by atoms with Crippen molar-refractivity contribution in [2.24, 2.45) is 5.92 Å². The van der Waals surface area contributed by atoms with Crippen LogP contribution in [-0.2, 0) is 19.1 Å². The van der Waals surface area contributed by atoms with Crippen LogP contribution in [0.15, 0.2) is 24.3 Å². The number of carbonyl (C=O) groups excluding carboxylic acids is 4. The zero-order valence-electron chi connectivity index (χ0n) is 18.7. The molecule has 11 heteroatoms. The van der Waals surface area contributed by atoms with E-state index in [0.29, 0.717) is 38.4 Å². The molecule has 1 atom stereocenters. The monoisotopic (exact) mass is 456 g/mol. The Hall–Kier alpha value is -3.63. The number of anilines is 1. The first-order valence-electron chi connectivity index (χ1n) is 11.0. The number of imide groups is 1. The fourth-order valence-electron chi connectivity index (χ4n) is 4.35. The molecule has 4 rings (SSSR count). The van der Waals surface area contributed by atoms with Gasteiger partial charge in [-0.05, 0) is 25.0 Å². The third-order valence-electron chi connectivity index (χ3n) is 6.30. The molecular formula is C22H28N6O5. The molecule has 1 aromatic heterocycles. The standard InChI is InChI=1S/C22H28N6O5/c1-14(18(30)33-2)13-28-19(31)22(26-21(28)32)8-11-27(12-9-22)17(29)7-10-23-20-24-15-5-3-4-6-16(15)25-20/h3-6,14H,7-13H2,1-2H3,(H,26,32)(H2,23,24,25). The summed E-state index contributed by atoms with van der Waals surface area (Å²) in [5.74, 6) is -0.848. The van der Waals surface area contributed by atoms with Crippen LogP contribution in [-0.4, -0.2) is 82.4 Å². The molecule has 33 heavy (non-hydrogen) atoms. The van der Waals surface area contributed by atoms with E-state index >= 15 is 0 Å². The van der Waals surface area contributed by atoms with Crippen molar-refractivity contribution in [3.8, 4) is 0 Å². The van der Waals surface area contributed by atoms with Gasteiger partial charge in [-0.25, -0.2) is 9.78 Å². The zero-order valence-corrected chi connectivity index (χ0v) is 18.7. The number of carbonyl (C=O) groups is 4. The van der Waals surface area contributed by atoms with Crippen LogP contribution in [0.25, 0.3) is 11.0 Å². The molecule has 1 aromatic carbocycles. The van der Waals surface area contributed by atoms with Crippen molar-refractivity contribution in [3.05, 3.63) is 24.3 Å². The number of likely N-dealkylation sites (tertiary alicyclic amines) is 1. The minimum Gasteiger partial charge on any atom is -0.469 e. The van der Waals surface area contributed by atoms with Crippen molar-refractivity contribution in [1.82, 2.24) is 25.1 Å². The quantitative estimate of drug-likeness (QED) is 0.419. The number of hydrogen-bond donors (Lipinski definition) is 3. The maximum Gasteiger partial charge on any atom is 0.325 e. The van der Waals surface area contributed by atoms with Crippen LogP contribution in [0.3, 0.4) is 0 Å². The molecule has 2 fully saturated rings. The Morgan fingerprint density at radius 3 is 2.67 bits per heavy atom. The van der Waals surface area contributed by atoms with Gasteiger partial charge in [0.05, 0.1) is 24.1 Å².